The maximum atomic E-state index is 12.8. The zero-order valence-corrected chi connectivity index (χ0v) is 31.8. The lowest BCUT2D eigenvalue weighted by Gasteiger charge is -2.23. The molecule has 2 atom stereocenters. The van der Waals surface area contributed by atoms with Crippen LogP contribution in [0.25, 0.3) is 21.5 Å². The van der Waals surface area contributed by atoms with E-state index >= 15 is 0 Å². The van der Waals surface area contributed by atoms with Crippen molar-refractivity contribution < 1.29 is 38.0 Å². The molecule has 0 bridgehead atoms. The molecule has 0 saturated carbocycles. The van der Waals surface area contributed by atoms with Crippen LogP contribution in [-0.4, -0.2) is 63.8 Å². The second kappa shape index (κ2) is 23.1. The molecule has 0 amide bonds. The number of ether oxygens (including phenoxy) is 6. The summed E-state index contributed by atoms with van der Waals surface area (Å²) < 4.78 is 36.4. The zero-order valence-electron chi connectivity index (χ0n) is 31.1. The highest BCUT2D eigenvalue weighted by atomic mass is 35.5. The lowest BCUT2D eigenvalue weighted by Crippen LogP contribution is -2.30. The fraction of sp³-hybridized carbons (Fsp3) is 0.524. The van der Waals surface area contributed by atoms with Gasteiger partial charge in [-0.15, -0.1) is 0 Å². The van der Waals surface area contributed by atoms with Gasteiger partial charge in [0, 0.05) is 39.4 Å². The topological polar surface area (TPSA) is 89.5 Å². The molecule has 3 aromatic rings. The van der Waals surface area contributed by atoms with Crippen LogP contribution < -0.4 is 9.47 Å². The Kier molecular flexibility index (Phi) is 18.9. The number of unbranched alkanes of at least 4 members (excludes halogenated alkanes) is 6. The van der Waals surface area contributed by atoms with Crippen molar-refractivity contribution in [2.24, 2.45) is 0 Å². The van der Waals surface area contributed by atoms with Gasteiger partial charge >= 0.3 is 11.9 Å². The first-order chi connectivity index (χ1) is 24.6. The fourth-order valence-electron chi connectivity index (χ4n) is 5.58. The minimum absolute atomic E-state index is 0.0685. The first kappa shape index (κ1) is 41.8. The molecule has 0 saturated heterocycles. The summed E-state index contributed by atoms with van der Waals surface area (Å²) >= 11 is 6.55. The van der Waals surface area contributed by atoms with Crippen LogP contribution in [0.5, 0.6) is 11.5 Å². The number of hydrogen-bond donors (Lipinski definition) is 0. The van der Waals surface area contributed by atoms with Crippen LogP contribution in [0.2, 0.25) is 5.02 Å². The summed E-state index contributed by atoms with van der Waals surface area (Å²) in [5.41, 5.74) is 1.74. The average Bonchev–Trinajstić information content (AvgIpc) is 3.09. The van der Waals surface area contributed by atoms with Gasteiger partial charge in [-0.25, -0.2) is 0 Å². The van der Waals surface area contributed by atoms with Crippen molar-refractivity contribution in [2.75, 3.05) is 39.6 Å². The predicted octanol–water partition coefficient (Wildman–Crippen LogP) is 10.4. The molecule has 51 heavy (non-hydrogen) atoms. The number of esters is 2. The summed E-state index contributed by atoms with van der Waals surface area (Å²) in [4.78, 5) is 25.6. The van der Waals surface area contributed by atoms with E-state index in [4.69, 9.17) is 40.0 Å². The highest BCUT2D eigenvalue weighted by Gasteiger charge is 2.23. The maximum absolute atomic E-state index is 12.8. The molecule has 0 aliphatic heterocycles. The van der Waals surface area contributed by atoms with Crippen LogP contribution in [0.3, 0.4) is 0 Å². The van der Waals surface area contributed by atoms with Crippen molar-refractivity contribution in [1.29, 1.82) is 0 Å². The van der Waals surface area contributed by atoms with E-state index in [0.717, 1.165) is 84.1 Å². The van der Waals surface area contributed by atoms with E-state index in [-0.39, 0.29) is 38.4 Å². The second-order valence-corrected chi connectivity index (χ2v) is 13.7. The molecule has 0 spiro atoms. The lowest BCUT2D eigenvalue weighted by molar-refractivity contribution is -0.154. The highest BCUT2D eigenvalue weighted by molar-refractivity contribution is 6.31. The third-order valence-corrected chi connectivity index (χ3v) is 8.32. The number of benzene rings is 3. The molecule has 0 aliphatic carbocycles. The molecule has 8 nitrogen and oxygen atoms in total. The quantitative estimate of drug-likeness (QED) is 0.0350. The summed E-state index contributed by atoms with van der Waals surface area (Å²) in [6, 6.07) is 13.3. The van der Waals surface area contributed by atoms with Crippen LogP contribution in [0.4, 0.5) is 0 Å². The average molecular weight is 725 g/mol. The van der Waals surface area contributed by atoms with E-state index in [2.05, 4.69) is 27.0 Å². The Hall–Kier alpha value is -3.59. The highest BCUT2D eigenvalue weighted by Crippen LogP contribution is 2.44. The van der Waals surface area contributed by atoms with E-state index < -0.39 is 12.2 Å². The smallest absolute Gasteiger partial charge is 0.306 e. The van der Waals surface area contributed by atoms with Gasteiger partial charge in [-0.3, -0.25) is 9.59 Å². The van der Waals surface area contributed by atoms with Crippen molar-refractivity contribution in [3.63, 3.8) is 0 Å². The zero-order chi connectivity index (χ0) is 37.0. The molecular formula is C42H57ClO8. The Morgan fingerprint density at radius 2 is 1.08 bits per heavy atom. The predicted molar refractivity (Wildman–Crippen MR) is 206 cm³/mol. The van der Waals surface area contributed by atoms with E-state index in [9.17, 15) is 9.59 Å². The maximum Gasteiger partial charge on any atom is 0.306 e. The van der Waals surface area contributed by atoms with Crippen molar-refractivity contribution in [3.8, 4) is 11.5 Å². The van der Waals surface area contributed by atoms with Gasteiger partial charge in [0.25, 0.3) is 0 Å². The second-order valence-electron chi connectivity index (χ2n) is 13.3. The van der Waals surface area contributed by atoms with Crippen LogP contribution in [-0.2, 0) is 28.5 Å². The molecule has 0 heterocycles. The molecule has 0 aromatic heterocycles. The third kappa shape index (κ3) is 14.9. The normalized spacial score (nSPS) is 12.4. The van der Waals surface area contributed by atoms with Gasteiger partial charge in [0.2, 0.25) is 0 Å². The van der Waals surface area contributed by atoms with Gasteiger partial charge in [0.05, 0.1) is 26.4 Å². The van der Waals surface area contributed by atoms with Gasteiger partial charge in [0.15, 0.2) is 12.2 Å². The Bertz CT molecular complexity index is 1570. The van der Waals surface area contributed by atoms with Crippen LogP contribution >= 0.6 is 11.6 Å². The summed E-state index contributed by atoms with van der Waals surface area (Å²) in [5, 5.41) is 3.61. The fourth-order valence-corrected chi connectivity index (χ4v) is 5.75. The molecule has 0 radical (unpaired) electrons. The minimum Gasteiger partial charge on any atom is -0.488 e. The Labute approximate surface area is 309 Å². The summed E-state index contributed by atoms with van der Waals surface area (Å²) in [7, 11) is 0. The largest absolute Gasteiger partial charge is 0.488 e. The van der Waals surface area contributed by atoms with Gasteiger partial charge in [-0.05, 0) is 44.9 Å². The van der Waals surface area contributed by atoms with E-state index in [1.807, 2.05) is 50.2 Å². The van der Waals surface area contributed by atoms with Crippen LogP contribution in [0.1, 0.15) is 91.9 Å². The number of carbonyl (C=O) groups is 2. The number of carbonyl (C=O) groups excluding carboxylic acids is 2. The van der Waals surface area contributed by atoms with Gasteiger partial charge in [-0.1, -0.05) is 113 Å². The van der Waals surface area contributed by atoms with Crippen LogP contribution in [0, 0.1) is 0 Å². The Morgan fingerprint density at radius 3 is 1.53 bits per heavy atom. The van der Waals surface area contributed by atoms with Gasteiger partial charge < -0.3 is 28.4 Å². The summed E-state index contributed by atoms with van der Waals surface area (Å²) in [6.45, 7) is 17.0. The van der Waals surface area contributed by atoms with E-state index in [1.165, 1.54) is 0 Å². The van der Waals surface area contributed by atoms with Crippen LogP contribution in [0.15, 0.2) is 66.8 Å². The molecule has 3 aromatic carbocycles. The molecule has 0 N–H and O–H groups in total. The summed E-state index contributed by atoms with van der Waals surface area (Å²) in [5.74, 6) is 0.642. The van der Waals surface area contributed by atoms with Crippen molar-refractivity contribution in [3.05, 3.63) is 71.8 Å². The SMILES string of the molecule is C=C(C)COCC(COc1c2ccccc2c(OCC(COCC(=C)C)OC(=O)CCCCCC)c2cc(Cl)ccc12)OC(=O)CCCCCC. The molecule has 280 valence electrons. The van der Waals surface area contributed by atoms with Crippen molar-refractivity contribution in [1.82, 2.24) is 0 Å². The standard InChI is InChI=1S/C42H57ClO8/c1-7-9-11-13-19-39(44)50-33(26-46-24-30(3)4)28-48-41-35-17-15-16-18-36(35)42(38-23-32(43)21-22-37(38)41)49-29-34(27-47-25-31(5)6)51-40(45)20-14-12-10-8-2/h15-18,21-23,33-34H,3,5,7-14,19-20,24-29H2,1-2,4,6H3. The number of halogens is 1. The summed E-state index contributed by atoms with van der Waals surface area (Å²) in [6.07, 6.45) is 7.30. The third-order valence-electron chi connectivity index (χ3n) is 8.08. The van der Waals surface area contributed by atoms with Gasteiger partial charge in [0.1, 0.15) is 24.7 Å². The van der Waals surface area contributed by atoms with Crippen molar-refractivity contribution >= 4 is 45.1 Å². The van der Waals surface area contributed by atoms with E-state index in [1.54, 1.807) is 6.07 Å². The number of fused-ring (bicyclic) bond motifs is 2. The Morgan fingerprint density at radius 1 is 0.627 bits per heavy atom. The molecule has 3 rings (SSSR count). The lowest BCUT2D eigenvalue weighted by atomic mass is 10.0. The first-order valence-corrected chi connectivity index (χ1v) is 18.7. The Balaban J connectivity index is 1.89. The van der Waals surface area contributed by atoms with Crippen molar-refractivity contribution in [2.45, 2.75) is 104 Å². The van der Waals surface area contributed by atoms with Gasteiger partial charge in [-0.2, -0.15) is 0 Å². The number of hydrogen-bond acceptors (Lipinski definition) is 8. The molecular weight excluding hydrogens is 668 g/mol. The molecule has 0 fully saturated rings. The van der Waals surface area contributed by atoms with E-state index in [0.29, 0.717) is 42.6 Å². The molecule has 9 heteroatoms. The molecule has 0 aliphatic rings. The number of rotatable bonds is 26. The molecule has 2 unspecified atom stereocenters. The minimum atomic E-state index is -0.636. The first-order valence-electron chi connectivity index (χ1n) is 18.4. The monoisotopic (exact) mass is 724 g/mol.